The lowest BCUT2D eigenvalue weighted by Gasteiger charge is -2.18. The SMILES string of the molecule is CCCCCCCCC/C=C\CCCCCCCCCC(=O)OCC(COC(=O)CCCCCCCCCCCCCCCCCCCCCCCC)OC(=O)CCCCCCCCCCCCCCCCCCCCCCC. The molecule has 79 heavy (non-hydrogen) atoms. The lowest BCUT2D eigenvalue weighted by molar-refractivity contribution is -0.167. The summed E-state index contributed by atoms with van der Waals surface area (Å²) >= 11 is 0. The van der Waals surface area contributed by atoms with E-state index < -0.39 is 6.10 Å². The fourth-order valence-corrected chi connectivity index (χ4v) is 11.3. The molecule has 0 aliphatic carbocycles. The molecule has 0 rings (SSSR count). The first-order valence-corrected chi connectivity index (χ1v) is 36.2. The highest BCUT2D eigenvalue weighted by molar-refractivity contribution is 5.71. The Morgan fingerprint density at radius 1 is 0.241 bits per heavy atom. The minimum atomic E-state index is -0.769. The number of allylic oxidation sites excluding steroid dienone is 2. The lowest BCUT2D eigenvalue weighted by Crippen LogP contribution is -2.30. The van der Waals surface area contributed by atoms with Gasteiger partial charge in [0.2, 0.25) is 0 Å². The van der Waals surface area contributed by atoms with E-state index in [1.165, 1.54) is 321 Å². The van der Waals surface area contributed by atoms with Crippen LogP contribution in [0.15, 0.2) is 12.2 Å². The second-order valence-corrected chi connectivity index (χ2v) is 24.9. The molecule has 0 saturated carbocycles. The molecule has 0 aromatic rings. The quantitative estimate of drug-likeness (QED) is 0.0261. The van der Waals surface area contributed by atoms with Crippen LogP contribution >= 0.6 is 0 Å². The molecule has 0 aromatic carbocycles. The maximum absolute atomic E-state index is 13.0. The van der Waals surface area contributed by atoms with E-state index in [2.05, 4.69) is 32.9 Å². The van der Waals surface area contributed by atoms with Gasteiger partial charge in [-0.15, -0.1) is 0 Å². The number of rotatable bonds is 68. The van der Waals surface area contributed by atoms with Gasteiger partial charge in [0.25, 0.3) is 0 Å². The van der Waals surface area contributed by atoms with E-state index in [-0.39, 0.29) is 31.1 Å². The number of esters is 3. The molecule has 0 fully saturated rings. The Bertz CT molecular complexity index is 1230. The van der Waals surface area contributed by atoms with E-state index >= 15 is 0 Å². The molecular weight excluding hydrogens is 973 g/mol. The number of carbonyl (C=O) groups excluding carboxylic acids is 3. The molecule has 0 heterocycles. The van der Waals surface area contributed by atoms with Crippen molar-refractivity contribution in [2.45, 2.75) is 425 Å². The first-order chi connectivity index (χ1) is 39.0. The van der Waals surface area contributed by atoms with Gasteiger partial charge in [-0.1, -0.05) is 367 Å². The summed E-state index contributed by atoms with van der Waals surface area (Å²) in [7, 11) is 0. The zero-order chi connectivity index (χ0) is 57.1. The molecule has 1 unspecified atom stereocenters. The van der Waals surface area contributed by atoms with Crippen LogP contribution in [0.5, 0.6) is 0 Å². The molecule has 0 aromatic heterocycles. The van der Waals surface area contributed by atoms with Crippen LogP contribution in [-0.4, -0.2) is 37.2 Å². The highest BCUT2D eigenvalue weighted by Crippen LogP contribution is 2.19. The average molecular weight is 1110 g/mol. The fraction of sp³-hybridized carbons (Fsp3) is 0.932. The zero-order valence-electron chi connectivity index (χ0n) is 53.9. The van der Waals surface area contributed by atoms with E-state index in [0.29, 0.717) is 19.3 Å². The number of hydrogen-bond acceptors (Lipinski definition) is 6. The number of hydrogen-bond donors (Lipinski definition) is 0. The van der Waals surface area contributed by atoms with Crippen molar-refractivity contribution in [1.29, 1.82) is 0 Å². The van der Waals surface area contributed by atoms with Crippen molar-refractivity contribution in [1.82, 2.24) is 0 Å². The van der Waals surface area contributed by atoms with Crippen LogP contribution in [0.25, 0.3) is 0 Å². The highest BCUT2D eigenvalue weighted by atomic mass is 16.6. The van der Waals surface area contributed by atoms with Gasteiger partial charge in [0.05, 0.1) is 0 Å². The summed E-state index contributed by atoms with van der Waals surface area (Å²) in [5.74, 6) is -0.830. The summed E-state index contributed by atoms with van der Waals surface area (Å²) in [6, 6.07) is 0. The van der Waals surface area contributed by atoms with Gasteiger partial charge in [0, 0.05) is 19.3 Å². The third-order valence-corrected chi connectivity index (χ3v) is 16.8. The van der Waals surface area contributed by atoms with Crippen molar-refractivity contribution in [3.05, 3.63) is 12.2 Å². The Labute approximate surface area is 494 Å². The van der Waals surface area contributed by atoms with E-state index in [0.717, 1.165) is 57.8 Å². The predicted octanol–water partition coefficient (Wildman–Crippen LogP) is 24.8. The number of unbranched alkanes of at least 4 members (excludes halogenated alkanes) is 55. The minimum absolute atomic E-state index is 0.0640. The normalized spacial score (nSPS) is 12.0. The van der Waals surface area contributed by atoms with Gasteiger partial charge >= 0.3 is 17.9 Å². The summed E-state index contributed by atoms with van der Waals surface area (Å²) in [6.45, 7) is 6.74. The molecule has 0 aliphatic heterocycles. The maximum Gasteiger partial charge on any atom is 0.306 e. The first kappa shape index (κ1) is 77.2. The Kier molecular flexibility index (Phi) is 67.0. The Hall–Kier alpha value is -1.85. The van der Waals surface area contributed by atoms with Gasteiger partial charge < -0.3 is 14.2 Å². The van der Waals surface area contributed by atoms with Crippen molar-refractivity contribution in [3.8, 4) is 0 Å². The molecule has 0 aliphatic rings. The van der Waals surface area contributed by atoms with Gasteiger partial charge in [0.1, 0.15) is 13.2 Å². The average Bonchev–Trinajstić information content (AvgIpc) is 3.45. The monoisotopic (exact) mass is 1110 g/mol. The fourth-order valence-electron chi connectivity index (χ4n) is 11.3. The van der Waals surface area contributed by atoms with Crippen LogP contribution in [0.3, 0.4) is 0 Å². The van der Waals surface area contributed by atoms with Crippen LogP contribution in [0.2, 0.25) is 0 Å². The molecule has 0 amide bonds. The van der Waals surface area contributed by atoms with Crippen molar-refractivity contribution in [3.63, 3.8) is 0 Å². The maximum atomic E-state index is 13.0. The van der Waals surface area contributed by atoms with Gasteiger partial charge in [0.15, 0.2) is 6.10 Å². The Morgan fingerprint density at radius 3 is 0.633 bits per heavy atom. The second-order valence-electron chi connectivity index (χ2n) is 24.9. The largest absolute Gasteiger partial charge is 0.462 e. The van der Waals surface area contributed by atoms with Crippen molar-refractivity contribution >= 4 is 17.9 Å². The summed E-state index contributed by atoms with van der Waals surface area (Å²) in [6.07, 6.45) is 82.4. The molecule has 0 spiro atoms. The molecule has 468 valence electrons. The van der Waals surface area contributed by atoms with Gasteiger partial charge in [-0.3, -0.25) is 14.4 Å². The standard InChI is InChI=1S/C73H140O6/c1-4-7-10-13-16-19-22-25-28-31-34-36-38-39-42-45-48-51-54-57-60-63-66-72(75)78-69-70(68-77-71(74)65-62-59-56-53-50-47-44-41-33-30-27-24-21-18-15-12-9-6-3)79-73(76)67-64-61-58-55-52-49-46-43-40-37-35-32-29-26-23-20-17-14-11-8-5-2/h30,33,70H,4-29,31-32,34-69H2,1-3H3/b33-30-. The van der Waals surface area contributed by atoms with E-state index in [1.54, 1.807) is 0 Å². The smallest absolute Gasteiger partial charge is 0.306 e. The molecule has 0 radical (unpaired) electrons. The Morgan fingerprint density at radius 2 is 0.418 bits per heavy atom. The molecular formula is C73H140O6. The van der Waals surface area contributed by atoms with E-state index in [9.17, 15) is 14.4 Å². The van der Waals surface area contributed by atoms with Gasteiger partial charge in [-0.25, -0.2) is 0 Å². The molecule has 6 heteroatoms. The Balaban J connectivity index is 4.28. The first-order valence-electron chi connectivity index (χ1n) is 36.2. The molecule has 0 saturated heterocycles. The molecule has 0 N–H and O–H groups in total. The number of ether oxygens (including phenoxy) is 3. The van der Waals surface area contributed by atoms with Crippen LogP contribution in [0.4, 0.5) is 0 Å². The van der Waals surface area contributed by atoms with Crippen LogP contribution in [-0.2, 0) is 28.6 Å². The van der Waals surface area contributed by atoms with Gasteiger partial charge in [-0.2, -0.15) is 0 Å². The molecule has 0 bridgehead atoms. The van der Waals surface area contributed by atoms with Crippen LogP contribution in [0.1, 0.15) is 419 Å². The number of carbonyl (C=O) groups is 3. The van der Waals surface area contributed by atoms with E-state index in [1.807, 2.05) is 0 Å². The second kappa shape index (κ2) is 68.6. The van der Waals surface area contributed by atoms with Gasteiger partial charge in [-0.05, 0) is 44.9 Å². The van der Waals surface area contributed by atoms with Crippen molar-refractivity contribution in [2.24, 2.45) is 0 Å². The van der Waals surface area contributed by atoms with Crippen molar-refractivity contribution in [2.75, 3.05) is 13.2 Å². The third kappa shape index (κ3) is 66.8. The van der Waals surface area contributed by atoms with E-state index in [4.69, 9.17) is 14.2 Å². The topological polar surface area (TPSA) is 78.9 Å². The summed E-state index contributed by atoms with van der Waals surface area (Å²) in [4.78, 5) is 38.5. The zero-order valence-corrected chi connectivity index (χ0v) is 53.9. The summed E-state index contributed by atoms with van der Waals surface area (Å²) < 4.78 is 17.0. The van der Waals surface area contributed by atoms with Crippen LogP contribution in [0, 0.1) is 0 Å². The molecule has 6 nitrogen and oxygen atoms in total. The highest BCUT2D eigenvalue weighted by Gasteiger charge is 2.19. The summed E-state index contributed by atoms with van der Waals surface area (Å²) in [5.41, 5.74) is 0. The van der Waals surface area contributed by atoms with Crippen LogP contribution < -0.4 is 0 Å². The third-order valence-electron chi connectivity index (χ3n) is 16.8. The lowest BCUT2D eigenvalue weighted by atomic mass is 10.0. The minimum Gasteiger partial charge on any atom is -0.462 e. The summed E-state index contributed by atoms with van der Waals surface area (Å²) in [5, 5.41) is 0. The molecule has 1 atom stereocenters. The van der Waals surface area contributed by atoms with Crippen molar-refractivity contribution < 1.29 is 28.6 Å². The predicted molar refractivity (Wildman–Crippen MR) is 344 cm³/mol.